The number of sulfonamides is 1. The van der Waals surface area contributed by atoms with E-state index in [2.05, 4.69) is 4.84 Å². The smallest absolute Gasteiger partial charge is 0.332 e. The van der Waals surface area contributed by atoms with Gasteiger partial charge in [0.25, 0.3) is 5.91 Å². The molecule has 1 rings (SSSR count). The van der Waals surface area contributed by atoms with E-state index in [-0.39, 0.29) is 5.75 Å². The van der Waals surface area contributed by atoms with E-state index in [0.717, 1.165) is 4.31 Å². The standard InChI is InChI=1S/C10H18N2O6S/c1-2-6-19(16,17)12-5-3-4-8(12)10(15)11-18-7-9(13)14/h8H,2-7H2,1H3,(H,11,15)(H,13,14). The highest BCUT2D eigenvalue weighted by Gasteiger charge is 2.38. The SMILES string of the molecule is CCCS(=O)(=O)N1CCCC1C(=O)NOCC(=O)O. The second-order valence-corrected chi connectivity index (χ2v) is 6.27. The lowest BCUT2D eigenvalue weighted by Crippen LogP contribution is -2.46. The van der Waals surface area contributed by atoms with Gasteiger partial charge in [0.1, 0.15) is 6.04 Å². The van der Waals surface area contributed by atoms with Gasteiger partial charge in [-0.3, -0.25) is 9.63 Å². The quantitative estimate of drug-likeness (QED) is 0.602. The van der Waals surface area contributed by atoms with Crippen molar-refractivity contribution in [3.63, 3.8) is 0 Å². The predicted molar refractivity (Wildman–Crippen MR) is 65.5 cm³/mol. The summed E-state index contributed by atoms with van der Waals surface area (Å²) in [5, 5.41) is 8.36. The van der Waals surface area contributed by atoms with Gasteiger partial charge in [0.2, 0.25) is 10.0 Å². The van der Waals surface area contributed by atoms with E-state index in [1.165, 1.54) is 0 Å². The van der Waals surface area contributed by atoms with Crippen LogP contribution in [0.25, 0.3) is 0 Å². The maximum atomic E-state index is 11.9. The number of carboxylic acids is 1. The number of nitrogens with zero attached hydrogens (tertiary/aromatic N) is 1. The molecule has 0 saturated carbocycles. The molecule has 0 bridgehead atoms. The van der Waals surface area contributed by atoms with E-state index in [1.54, 1.807) is 6.92 Å². The highest BCUT2D eigenvalue weighted by molar-refractivity contribution is 7.89. The van der Waals surface area contributed by atoms with E-state index in [1.807, 2.05) is 5.48 Å². The molecule has 1 amide bonds. The highest BCUT2D eigenvalue weighted by Crippen LogP contribution is 2.21. The Kier molecular flexibility index (Phi) is 5.70. The summed E-state index contributed by atoms with van der Waals surface area (Å²) in [6.45, 7) is 1.39. The summed E-state index contributed by atoms with van der Waals surface area (Å²) in [6, 6.07) is -0.814. The molecule has 2 N–H and O–H groups in total. The molecule has 1 aliphatic rings. The van der Waals surface area contributed by atoms with E-state index < -0.39 is 34.5 Å². The molecule has 0 spiro atoms. The Labute approximate surface area is 111 Å². The van der Waals surface area contributed by atoms with E-state index in [0.29, 0.717) is 25.8 Å². The third-order valence-corrected chi connectivity index (χ3v) is 4.77. The van der Waals surface area contributed by atoms with Gasteiger partial charge in [-0.2, -0.15) is 4.31 Å². The number of rotatable bonds is 7. The molecule has 1 fully saturated rings. The van der Waals surface area contributed by atoms with Crippen LogP contribution in [0.5, 0.6) is 0 Å². The first-order chi connectivity index (χ1) is 8.88. The first kappa shape index (κ1) is 15.9. The van der Waals surface area contributed by atoms with Gasteiger partial charge in [0.15, 0.2) is 6.61 Å². The number of carboxylic acid groups (broad SMARTS) is 1. The molecule has 110 valence electrons. The minimum absolute atomic E-state index is 0.00718. The first-order valence-electron chi connectivity index (χ1n) is 6.01. The lowest BCUT2D eigenvalue weighted by Gasteiger charge is -2.22. The molecule has 0 radical (unpaired) electrons. The Bertz CT molecular complexity index is 435. The molecule has 0 aromatic carbocycles. The van der Waals surface area contributed by atoms with Crippen LogP contribution in [-0.4, -0.2) is 54.7 Å². The molecule has 9 heteroatoms. The molecule has 1 aliphatic heterocycles. The van der Waals surface area contributed by atoms with E-state index >= 15 is 0 Å². The summed E-state index contributed by atoms with van der Waals surface area (Å²) < 4.78 is 25.0. The van der Waals surface area contributed by atoms with E-state index in [9.17, 15) is 18.0 Å². The molecular weight excluding hydrogens is 276 g/mol. The monoisotopic (exact) mass is 294 g/mol. The summed E-state index contributed by atoms with van der Waals surface area (Å²) in [4.78, 5) is 26.5. The van der Waals surface area contributed by atoms with Crippen LogP contribution in [-0.2, 0) is 24.4 Å². The van der Waals surface area contributed by atoms with Crippen LogP contribution in [0, 0.1) is 0 Å². The van der Waals surface area contributed by atoms with Gasteiger partial charge in [-0.15, -0.1) is 0 Å². The molecule has 8 nitrogen and oxygen atoms in total. The lowest BCUT2D eigenvalue weighted by molar-refractivity contribution is -0.150. The number of carbonyl (C=O) groups is 2. The van der Waals surface area contributed by atoms with Gasteiger partial charge in [0.05, 0.1) is 5.75 Å². The van der Waals surface area contributed by atoms with Crippen molar-refractivity contribution in [2.45, 2.75) is 32.2 Å². The molecule has 1 atom stereocenters. The van der Waals surface area contributed by atoms with Crippen LogP contribution in [0.15, 0.2) is 0 Å². The van der Waals surface area contributed by atoms with Crippen molar-refractivity contribution in [3.05, 3.63) is 0 Å². The summed E-state index contributed by atoms with van der Waals surface area (Å²) in [6.07, 6.45) is 1.48. The third-order valence-electron chi connectivity index (χ3n) is 2.69. The molecule has 19 heavy (non-hydrogen) atoms. The molecule has 1 unspecified atom stereocenters. The number of hydrogen-bond donors (Lipinski definition) is 2. The van der Waals surface area contributed by atoms with Gasteiger partial charge < -0.3 is 5.11 Å². The van der Waals surface area contributed by atoms with Gasteiger partial charge >= 0.3 is 5.97 Å². The summed E-state index contributed by atoms with van der Waals surface area (Å²) in [5.41, 5.74) is 1.97. The molecule has 1 saturated heterocycles. The highest BCUT2D eigenvalue weighted by atomic mass is 32.2. The summed E-state index contributed by atoms with van der Waals surface area (Å²) in [5.74, 6) is -1.85. The van der Waals surface area contributed by atoms with Crippen molar-refractivity contribution in [2.24, 2.45) is 0 Å². The van der Waals surface area contributed by atoms with Gasteiger partial charge in [0, 0.05) is 6.54 Å². The normalized spacial score (nSPS) is 20.4. The van der Waals surface area contributed by atoms with Crippen LogP contribution in [0.1, 0.15) is 26.2 Å². The molecule has 0 aromatic heterocycles. The number of carbonyl (C=O) groups excluding carboxylic acids is 1. The minimum atomic E-state index is -3.45. The molecule has 0 aliphatic carbocycles. The first-order valence-corrected chi connectivity index (χ1v) is 7.62. The molecule has 0 aromatic rings. The van der Waals surface area contributed by atoms with Crippen molar-refractivity contribution >= 4 is 21.9 Å². The Morgan fingerprint density at radius 1 is 1.47 bits per heavy atom. The fourth-order valence-corrected chi connectivity index (χ4v) is 3.69. The maximum absolute atomic E-state index is 11.9. The van der Waals surface area contributed by atoms with Crippen molar-refractivity contribution < 1.29 is 28.0 Å². The van der Waals surface area contributed by atoms with Crippen LogP contribution in [0.2, 0.25) is 0 Å². The van der Waals surface area contributed by atoms with Crippen molar-refractivity contribution in [1.82, 2.24) is 9.79 Å². The van der Waals surface area contributed by atoms with Crippen LogP contribution < -0.4 is 5.48 Å². The average Bonchev–Trinajstić information content (AvgIpc) is 2.77. The topological polar surface area (TPSA) is 113 Å². The van der Waals surface area contributed by atoms with Crippen molar-refractivity contribution in [1.29, 1.82) is 0 Å². The lowest BCUT2D eigenvalue weighted by atomic mass is 10.2. The second kappa shape index (κ2) is 6.83. The Hall–Kier alpha value is -1.19. The number of aliphatic carboxylic acids is 1. The maximum Gasteiger partial charge on any atom is 0.332 e. The minimum Gasteiger partial charge on any atom is -0.479 e. The van der Waals surface area contributed by atoms with E-state index in [4.69, 9.17) is 5.11 Å². The van der Waals surface area contributed by atoms with Crippen LogP contribution in [0.4, 0.5) is 0 Å². The number of nitrogens with one attached hydrogen (secondary N) is 1. The van der Waals surface area contributed by atoms with Gasteiger partial charge in [-0.25, -0.2) is 18.7 Å². The van der Waals surface area contributed by atoms with Crippen molar-refractivity contribution in [3.8, 4) is 0 Å². The second-order valence-electron chi connectivity index (χ2n) is 4.23. The number of amides is 1. The zero-order valence-corrected chi connectivity index (χ0v) is 11.5. The largest absolute Gasteiger partial charge is 0.479 e. The molecule has 1 heterocycles. The van der Waals surface area contributed by atoms with Gasteiger partial charge in [-0.05, 0) is 19.3 Å². The van der Waals surface area contributed by atoms with Crippen molar-refractivity contribution in [2.75, 3.05) is 18.9 Å². The summed E-state index contributed by atoms with van der Waals surface area (Å²) >= 11 is 0. The number of hydroxylamine groups is 1. The van der Waals surface area contributed by atoms with Crippen LogP contribution in [0.3, 0.4) is 0 Å². The fourth-order valence-electron chi connectivity index (χ4n) is 1.95. The molecular formula is C10H18N2O6S. The van der Waals surface area contributed by atoms with Gasteiger partial charge in [-0.1, -0.05) is 6.92 Å². The number of hydrogen-bond acceptors (Lipinski definition) is 5. The zero-order chi connectivity index (χ0) is 14.5. The van der Waals surface area contributed by atoms with Crippen LogP contribution >= 0.6 is 0 Å². The zero-order valence-electron chi connectivity index (χ0n) is 10.7. The summed E-state index contributed by atoms with van der Waals surface area (Å²) in [7, 11) is -3.45. The third kappa shape index (κ3) is 4.44. The Morgan fingerprint density at radius 2 is 2.16 bits per heavy atom. The predicted octanol–water partition coefficient (Wildman–Crippen LogP) is -0.677. The fraction of sp³-hybridized carbons (Fsp3) is 0.800. The Balaban J connectivity index is 2.61. The average molecular weight is 294 g/mol. The Morgan fingerprint density at radius 3 is 2.74 bits per heavy atom.